The predicted octanol–water partition coefficient (Wildman–Crippen LogP) is 2.57. The van der Waals surface area contributed by atoms with Gasteiger partial charge in [0.2, 0.25) is 0 Å². The smallest absolute Gasteiger partial charge is 0.0622 e. The van der Waals surface area contributed by atoms with Gasteiger partial charge in [-0.3, -0.25) is 0 Å². The topological polar surface area (TPSA) is 35.2 Å². The molecule has 0 saturated heterocycles. The van der Waals surface area contributed by atoms with Crippen LogP contribution in [0, 0.1) is 11.3 Å². The predicted molar refractivity (Wildman–Crippen MR) is 60.2 cm³/mol. The minimum atomic E-state index is 0.156. The van der Waals surface area contributed by atoms with Crippen molar-refractivity contribution in [3.05, 3.63) is 0 Å². The lowest BCUT2D eigenvalue weighted by atomic mass is 9.88. The molecule has 0 amide bonds. The first-order chi connectivity index (χ1) is 6.50. The molecule has 1 rings (SSSR count). The van der Waals surface area contributed by atoms with Crippen LogP contribution in [0.5, 0.6) is 0 Å². The molecule has 2 nitrogen and oxygen atoms in total. The van der Waals surface area contributed by atoms with Crippen LogP contribution in [-0.2, 0) is 4.74 Å². The second-order valence-corrected chi connectivity index (χ2v) is 5.66. The van der Waals surface area contributed by atoms with Crippen molar-refractivity contribution < 1.29 is 4.74 Å². The molecule has 1 aliphatic rings. The highest BCUT2D eigenvalue weighted by Gasteiger charge is 2.21. The summed E-state index contributed by atoms with van der Waals surface area (Å²) in [7, 11) is 0. The summed E-state index contributed by atoms with van der Waals surface area (Å²) >= 11 is 0. The number of hydrogen-bond donors (Lipinski definition) is 1. The van der Waals surface area contributed by atoms with E-state index in [4.69, 9.17) is 10.5 Å². The van der Waals surface area contributed by atoms with E-state index in [-0.39, 0.29) is 11.5 Å². The van der Waals surface area contributed by atoms with E-state index in [2.05, 4.69) is 20.8 Å². The number of ether oxygens (including phenoxy) is 1. The lowest BCUT2D eigenvalue weighted by Gasteiger charge is -2.27. The molecular weight excluding hydrogens is 174 g/mol. The Morgan fingerprint density at radius 2 is 1.86 bits per heavy atom. The van der Waals surface area contributed by atoms with Gasteiger partial charge in [-0.1, -0.05) is 33.6 Å². The molecule has 0 aliphatic heterocycles. The molecule has 0 heterocycles. The standard InChI is InChI=1S/C12H25NO/c1-12(2,3)11(13)9-14-8-10-6-4-5-7-10/h10-11H,4-9,13H2,1-3H3. The van der Waals surface area contributed by atoms with Crippen LogP contribution in [0.4, 0.5) is 0 Å². The first-order valence-electron chi connectivity index (χ1n) is 5.83. The monoisotopic (exact) mass is 199 g/mol. The van der Waals surface area contributed by atoms with Crippen LogP contribution in [0.1, 0.15) is 46.5 Å². The Hall–Kier alpha value is -0.0800. The van der Waals surface area contributed by atoms with Gasteiger partial charge < -0.3 is 10.5 Å². The van der Waals surface area contributed by atoms with Crippen molar-refractivity contribution >= 4 is 0 Å². The molecule has 0 radical (unpaired) electrons. The molecule has 0 spiro atoms. The van der Waals surface area contributed by atoms with Gasteiger partial charge in [-0.2, -0.15) is 0 Å². The highest BCUT2D eigenvalue weighted by molar-refractivity contribution is 4.76. The Balaban J connectivity index is 2.08. The van der Waals surface area contributed by atoms with Crippen LogP contribution in [0.15, 0.2) is 0 Å². The largest absolute Gasteiger partial charge is 0.380 e. The molecule has 1 unspecified atom stereocenters. The molecule has 1 fully saturated rings. The molecular formula is C12H25NO. The summed E-state index contributed by atoms with van der Waals surface area (Å²) in [6, 6.07) is 0.156. The quantitative estimate of drug-likeness (QED) is 0.755. The Morgan fingerprint density at radius 3 is 2.36 bits per heavy atom. The van der Waals surface area contributed by atoms with Gasteiger partial charge in [0.25, 0.3) is 0 Å². The zero-order chi connectivity index (χ0) is 10.6. The van der Waals surface area contributed by atoms with E-state index in [1.807, 2.05) is 0 Å². The summed E-state index contributed by atoms with van der Waals surface area (Å²) in [5.74, 6) is 0.808. The first-order valence-corrected chi connectivity index (χ1v) is 5.83. The highest BCUT2D eigenvalue weighted by Crippen LogP contribution is 2.25. The van der Waals surface area contributed by atoms with Crippen LogP contribution in [0.25, 0.3) is 0 Å². The normalized spacial score (nSPS) is 21.4. The van der Waals surface area contributed by atoms with Crippen LogP contribution >= 0.6 is 0 Å². The maximum absolute atomic E-state index is 6.01. The van der Waals surface area contributed by atoms with Crippen molar-refractivity contribution in [2.24, 2.45) is 17.1 Å². The fourth-order valence-electron chi connectivity index (χ4n) is 1.79. The van der Waals surface area contributed by atoms with Crippen molar-refractivity contribution in [1.29, 1.82) is 0 Å². The van der Waals surface area contributed by atoms with Crippen molar-refractivity contribution in [1.82, 2.24) is 0 Å². The summed E-state index contributed by atoms with van der Waals surface area (Å²) in [5.41, 5.74) is 6.17. The fourth-order valence-corrected chi connectivity index (χ4v) is 1.79. The van der Waals surface area contributed by atoms with E-state index in [1.165, 1.54) is 25.7 Å². The molecule has 2 heteroatoms. The van der Waals surface area contributed by atoms with Crippen molar-refractivity contribution in [3.63, 3.8) is 0 Å². The van der Waals surface area contributed by atoms with Gasteiger partial charge in [0.1, 0.15) is 0 Å². The number of nitrogens with two attached hydrogens (primary N) is 1. The van der Waals surface area contributed by atoms with Crippen LogP contribution < -0.4 is 5.73 Å². The van der Waals surface area contributed by atoms with Gasteiger partial charge in [0.15, 0.2) is 0 Å². The molecule has 84 valence electrons. The summed E-state index contributed by atoms with van der Waals surface area (Å²) in [6.45, 7) is 8.12. The molecule has 14 heavy (non-hydrogen) atoms. The van der Waals surface area contributed by atoms with Gasteiger partial charge in [-0.25, -0.2) is 0 Å². The van der Waals surface area contributed by atoms with E-state index in [0.717, 1.165) is 12.5 Å². The summed E-state index contributed by atoms with van der Waals surface area (Å²) in [6.07, 6.45) is 5.48. The fraction of sp³-hybridized carbons (Fsp3) is 1.00. The lowest BCUT2D eigenvalue weighted by Crippen LogP contribution is -2.39. The number of hydrogen-bond acceptors (Lipinski definition) is 2. The average molecular weight is 199 g/mol. The van der Waals surface area contributed by atoms with Crippen molar-refractivity contribution in [2.45, 2.75) is 52.5 Å². The Kier molecular flexibility index (Phi) is 4.39. The minimum Gasteiger partial charge on any atom is -0.380 e. The van der Waals surface area contributed by atoms with Gasteiger partial charge in [0.05, 0.1) is 6.61 Å². The molecule has 2 N–H and O–H groups in total. The maximum Gasteiger partial charge on any atom is 0.0622 e. The average Bonchev–Trinajstić information content (AvgIpc) is 2.55. The summed E-state index contributed by atoms with van der Waals surface area (Å²) < 4.78 is 5.68. The Morgan fingerprint density at radius 1 is 1.29 bits per heavy atom. The summed E-state index contributed by atoms with van der Waals surface area (Å²) in [4.78, 5) is 0. The second-order valence-electron chi connectivity index (χ2n) is 5.66. The van der Waals surface area contributed by atoms with Crippen LogP contribution in [-0.4, -0.2) is 19.3 Å². The lowest BCUT2D eigenvalue weighted by molar-refractivity contribution is 0.0667. The number of rotatable bonds is 4. The highest BCUT2D eigenvalue weighted by atomic mass is 16.5. The zero-order valence-corrected chi connectivity index (χ0v) is 9.88. The molecule has 0 aromatic carbocycles. The van der Waals surface area contributed by atoms with Gasteiger partial charge in [-0.15, -0.1) is 0 Å². The summed E-state index contributed by atoms with van der Waals surface area (Å²) in [5, 5.41) is 0. The molecule has 1 aliphatic carbocycles. The van der Waals surface area contributed by atoms with E-state index in [9.17, 15) is 0 Å². The first kappa shape index (κ1) is 12.0. The maximum atomic E-state index is 6.01. The molecule has 0 aromatic rings. The molecule has 0 aromatic heterocycles. The third kappa shape index (κ3) is 3.97. The zero-order valence-electron chi connectivity index (χ0n) is 9.88. The SMILES string of the molecule is CC(C)(C)C(N)COCC1CCCC1. The van der Waals surface area contributed by atoms with E-state index < -0.39 is 0 Å². The Labute approximate surface area is 88.2 Å². The van der Waals surface area contributed by atoms with Crippen molar-refractivity contribution in [2.75, 3.05) is 13.2 Å². The van der Waals surface area contributed by atoms with Crippen LogP contribution in [0.2, 0.25) is 0 Å². The van der Waals surface area contributed by atoms with Gasteiger partial charge >= 0.3 is 0 Å². The van der Waals surface area contributed by atoms with Crippen LogP contribution in [0.3, 0.4) is 0 Å². The van der Waals surface area contributed by atoms with E-state index in [1.54, 1.807) is 0 Å². The van der Waals surface area contributed by atoms with Gasteiger partial charge in [-0.05, 0) is 24.2 Å². The van der Waals surface area contributed by atoms with Gasteiger partial charge in [0, 0.05) is 12.6 Å². The third-order valence-corrected chi connectivity index (χ3v) is 3.24. The third-order valence-electron chi connectivity index (χ3n) is 3.24. The van der Waals surface area contributed by atoms with E-state index in [0.29, 0.717) is 6.61 Å². The Bertz CT molecular complexity index is 156. The molecule has 0 bridgehead atoms. The second kappa shape index (κ2) is 5.13. The molecule has 1 saturated carbocycles. The minimum absolute atomic E-state index is 0.156. The van der Waals surface area contributed by atoms with E-state index >= 15 is 0 Å². The van der Waals surface area contributed by atoms with Crippen molar-refractivity contribution in [3.8, 4) is 0 Å². The molecule has 1 atom stereocenters.